The molecule has 1 atom stereocenters. The fourth-order valence-corrected chi connectivity index (χ4v) is 2.66. The van der Waals surface area contributed by atoms with Gasteiger partial charge in [0.05, 0.1) is 0 Å². The van der Waals surface area contributed by atoms with E-state index in [-0.39, 0.29) is 22.9 Å². The fraction of sp³-hybridized carbons (Fsp3) is 0.933. The van der Waals surface area contributed by atoms with E-state index in [0.29, 0.717) is 6.42 Å². The predicted octanol–water partition coefficient (Wildman–Crippen LogP) is 1.74. The molecular weight excluding hydrogens is 238 g/mol. The minimum absolute atomic E-state index is 0.0239. The highest BCUT2D eigenvalue weighted by atomic mass is 16.1. The van der Waals surface area contributed by atoms with Crippen molar-refractivity contribution in [3.63, 3.8) is 0 Å². The van der Waals surface area contributed by atoms with Gasteiger partial charge in [-0.15, -0.1) is 0 Å². The highest BCUT2D eigenvalue weighted by molar-refractivity contribution is 5.76. The molecule has 0 radical (unpaired) electrons. The zero-order valence-corrected chi connectivity index (χ0v) is 13.3. The molecule has 112 valence electrons. The molecule has 0 aromatic carbocycles. The smallest absolute Gasteiger partial charge is 0.221 e. The number of hydrogen-bond donors (Lipinski definition) is 2. The summed E-state index contributed by atoms with van der Waals surface area (Å²) in [7, 11) is 4.22. The maximum Gasteiger partial charge on any atom is 0.221 e. The summed E-state index contributed by atoms with van der Waals surface area (Å²) in [4.78, 5) is 14.3. The lowest BCUT2D eigenvalue weighted by atomic mass is 9.85. The van der Waals surface area contributed by atoms with E-state index in [1.807, 2.05) is 0 Å². The lowest BCUT2D eigenvalue weighted by Crippen LogP contribution is -2.51. The Kier molecular flexibility index (Phi) is 5.39. The van der Waals surface area contributed by atoms with Crippen molar-refractivity contribution >= 4 is 5.91 Å². The molecule has 0 aromatic rings. The first kappa shape index (κ1) is 16.4. The van der Waals surface area contributed by atoms with Crippen molar-refractivity contribution in [3.8, 4) is 0 Å². The number of nitrogens with two attached hydrogens (primary N) is 1. The molecule has 1 aliphatic rings. The third kappa shape index (κ3) is 4.46. The maximum atomic E-state index is 12.0. The minimum Gasteiger partial charge on any atom is -0.354 e. The molecule has 4 nitrogen and oxygen atoms in total. The van der Waals surface area contributed by atoms with Gasteiger partial charge >= 0.3 is 0 Å². The molecule has 0 aromatic heterocycles. The van der Waals surface area contributed by atoms with Crippen LogP contribution in [0.2, 0.25) is 0 Å². The van der Waals surface area contributed by atoms with E-state index in [1.165, 1.54) is 25.7 Å². The number of nitrogens with one attached hydrogen (secondary N) is 1. The number of hydrogen-bond acceptors (Lipinski definition) is 3. The first-order chi connectivity index (χ1) is 8.67. The Labute approximate surface area is 118 Å². The van der Waals surface area contributed by atoms with Gasteiger partial charge in [0, 0.05) is 24.5 Å². The number of amides is 1. The van der Waals surface area contributed by atoms with E-state index in [4.69, 9.17) is 5.73 Å². The van der Waals surface area contributed by atoms with Crippen LogP contribution in [0.25, 0.3) is 0 Å². The zero-order valence-electron chi connectivity index (χ0n) is 13.3. The van der Waals surface area contributed by atoms with Crippen LogP contribution in [0, 0.1) is 5.41 Å². The number of carbonyl (C=O) groups is 1. The molecule has 0 bridgehead atoms. The molecule has 1 saturated carbocycles. The van der Waals surface area contributed by atoms with Gasteiger partial charge in [0.1, 0.15) is 0 Å². The topological polar surface area (TPSA) is 58.4 Å². The van der Waals surface area contributed by atoms with Crippen molar-refractivity contribution < 1.29 is 4.79 Å². The number of likely N-dealkylation sites (N-methyl/N-ethyl adjacent to an activating group) is 1. The first-order valence-electron chi connectivity index (χ1n) is 7.37. The van der Waals surface area contributed by atoms with Gasteiger partial charge in [0.25, 0.3) is 0 Å². The summed E-state index contributed by atoms with van der Waals surface area (Å²) in [5, 5.41) is 3.09. The Morgan fingerprint density at radius 1 is 1.32 bits per heavy atom. The Morgan fingerprint density at radius 3 is 2.26 bits per heavy atom. The van der Waals surface area contributed by atoms with Crippen molar-refractivity contribution in [1.82, 2.24) is 10.2 Å². The second-order valence-electron chi connectivity index (χ2n) is 7.28. The summed E-state index contributed by atoms with van der Waals surface area (Å²) < 4.78 is 0. The van der Waals surface area contributed by atoms with E-state index in [1.54, 1.807) is 0 Å². The van der Waals surface area contributed by atoms with Crippen LogP contribution in [0.5, 0.6) is 0 Å². The highest BCUT2D eigenvalue weighted by Gasteiger charge is 2.36. The van der Waals surface area contributed by atoms with Crippen LogP contribution in [-0.2, 0) is 4.79 Å². The number of carbonyl (C=O) groups excluding carboxylic acids is 1. The van der Waals surface area contributed by atoms with E-state index in [9.17, 15) is 4.79 Å². The zero-order chi connectivity index (χ0) is 14.7. The van der Waals surface area contributed by atoms with E-state index >= 15 is 0 Å². The predicted molar refractivity (Wildman–Crippen MR) is 79.9 cm³/mol. The van der Waals surface area contributed by atoms with Crippen molar-refractivity contribution in [3.05, 3.63) is 0 Å². The SMILES string of the molecule is CN(C)C1(CNC(=O)CC(N)C(C)(C)C)CCCC1. The van der Waals surface area contributed by atoms with Crippen LogP contribution in [-0.4, -0.2) is 43.0 Å². The quantitative estimate of drug-likeness (QED) is 0.799. The van der Waals surface area contributed by atoms with Crippen LogP contribution in [0.1, 0.15) is 52.9 Å². The Hall–Kier alpha value is -0.610. The molecule has 0 saturated heterocycles. The molecule has 1 rings (SSSR count). The van der Waals surface area contributed by atoms with E-state index in [0.717, 1.165) is 6.54 Å². The van der Waals surface area contributed by atoms with Crippen LogP contribution < -0.4 is 11.1 Å². The van der Waals surface area contributed by atoms with Crippen LogP contribution >= 0.6 is 0 Å². The minimum atomic E-state index is -0.0913. The summed E-state index contributed by atoms with van der Waals surface area (Å²) in [5.74, 6) is 0.0792. The van der Waals surface area contributed by atoms with Gasteiger partial charge in [0.2, 0.25) is 5.91 Å². The average Bonchev–Trinajstić information content (AvgIpc) is 2.75. The standard InChI is InChI=1S/C15H31N3O/c1-14(2,3)12(16)10-13(19)17-11-15(18(4)5)8-6-7-9-15/h12H,6-11,16H2,1-5H3,(H,17,19). The van der Waals surface area contributed by atoms with Crippen LogP contribution in [0.3, 0.4) is 0 Å². The van der Waals surface area contributed by atoms with Crippen LogP contribution in [0.15, 0.2) is 0 Å². The second kappa shape index (κ2) is 6.23. The molecule has 0 aliphatic heterocycles. The number of nitrogens with zero attached hydrogens (tertiary/aromatic N) is 1. The van der Waals surface area contributed by atoms with Crippen molar-refractivity contribution in [2.45, 2.75) is 64.5 Å². The lowest BCUT2D eigenvalue weighted by molar-refractivity contribution is -0.122. The summed E-state index contributed by atoms with van der Waals surface area (Å²) in [6, 6.07) is -0.0913. The number of rotatable bonds is 5. The fourth-order valence-electron chi connectivity index (χ4n) is 2.66. The molecule has 0 spiro atoms. The summed E-state index contributed by atoms with van der Waals surface area (Å²) >= 11 is 0. The molecule has 1 amide bonds. The maximum absolute atomic E-state index is 12.0. The van der Waals surface area contributed by atoms with Gasteiger partial charge in [-0.25, -0.2) is 0 Å². The van der Waals surface area contributed by atoms with Gasteiger partial charge in [-0.05, 0) is 32.4 Å². The molecule has 4 heteroatoms. The lowest BCUT2D eigenvalue weighted by Gasteiger charge is -2.36. The highest BCUT2D eigenvalue weighted by Crippen LogP contribution is 2.33. The van der Waals surface area contributed by atoms with Gasteiger partial charge in [-0.1, -0.05) is 33.6 Å². The van der Waals surface area contributed by atoms with E-state index in [2.05, 4.69) is 45.1 Å². The summed E-state index contributed by atoms with van der Waals surface area (Å²) in [6.07, 6.45) is 5.27. The largest absolute Gasteiger partial charge is 0.354 e. The van der Waals surface area contributed by atoms with E-state index < -0.39 is 0 Å². The summed E-state index contributed by atoms with van der Waals surface area (Å²) in [6.45, 7) is 6.96. The third-order valence-electron chi connectivity index (χ3n) is 4.62. The average molecular weight is 269 g/mol. The second-order valence-corrected chi connectivity index (χ2v) is 7.28. The van der Waals surface area contributed by atoms with Crippen molar-refractivity contribution in [2.24, 2.45) is 11.1 Å². The van der Waals surface area contributed by atoms with Crippen molar-refractivity contribution in [1.29, 1.82) is 0 Å². The van der Waals surface area contributed by atoms with Gasteiger partial charge in [-0.3, -0.25) is 4.79 Å². The van der Waals surface area contributed by atoms with Gasteiger partial charge < -0.3 is 16.0 Å². The molecular formula is C15H31N3O. The molecule has 1 unspecified atom stereocenters. The van der Waals surface area contributed by atoms with Gasteiger partial charge in [0.15, 0.2) is 0 Å². The van der Waals surface area contributed by atoms with Gasteiger partial charge in [-0.2, -0.15) is 0 Å². The van der Waals surface area contributed by atoms with Crippen LogP contribution in [0.4, 0.5) is 0 Å². The molecule has 0 heterocycles. The molecule has 19 heavy (non-hydrogen) atoms. The molecule has 3 N–H and O–H groups in total. The monoisotopic (exact) mass is 269 g/mol. The molecule has 1 aliphatic carbocycles. The Morgan fingerprint density at radius 2 is 1.84 bits per heavy atom. The molecule has 1 fully saturated rings. The summed E-state index contributed by atoms with van der Waals surface area (Å²) in [5.41, 5.74) is 6.19. The third-order valence-corrected chi connectivity index (χ3v) is 4.62. The van der Waals surface area contributed by atoms with Crippen molar-refractivity contribution in [2.75, 3.05) is 20.6 Å². The Bertz CT molecular complexity index is 301. The normalized spacial score (nSPS) is 20.6. The Balaban J connectivity index is 2.45. The first-order valence-corrected chi connectivity index (χ1v) is 7.37.